The summed E-state index contributed by atoms with van der Waals surface area (Å²) in [5.41, 5.74) is 0.809. The zero-order valence-corrected chi connectivity index (χ0v) is 11.6. The van der Waals surface area contributed by atoms with Gasteiger partial charge in [-0.05, 0) is 37.0 Å². The second-order valence-electron chi connectivity index (χ2n) is 6.19. The molecule has 0 bridgehead atoms. The maximum Gasteiger partial charge on any atom is 0.119 e. The van der Waals surface area contributed by atoms with Crippen molar-refractivity contribution in [1.82, 2.24) is 0 Å². The van der Waals surface area contributed by atoms with Crippen molar-refractivity contribution in [2.75, 3.05) is 6.61 Å². The first-order valence-electron chi connectivity index (χ1n) is 6.14. The summed E-state index contributed by atoms with van der Waals surface area (Å²) in [5.74, 6) is 0.863. The van der Waals surface area contributed by atoms with E-state index in [-0.39, 0.29) is 5.41 Å². The van der Waals surface area contributed by atoms with E-state index >= 15 is 0 Å². The molecule has 0 aliphatic heterocycles. The van der Waals surface area contributed by atoms with Gasteiger partial charge in [-0.25, -0.2) is 0 Å². The Hall–Kier alpha value is -1.02. The molecule has 0 unspecified atom stereocenters. The summed E-state index contributed by atoms with van der Waals surface area (Å²) in [6, 6.07) is 8.18. The Morgan fingerprint density at radius 2 is 1.53 bits per heavy atom. The Morgan fingerprint density at radius 3 is 1.94 bits per heavy atom. The molecule has 1 N–H and O–H groups in total. The maximum atomic E-state index is 9.57. The molecule has 0 radical (unpaired) electrons. The predicted octanol–water partition coefficient (Wildman–Crippen LogP) is 3.52. The van der Waals surface area contributed by atoms with Crippen LogP contribution in [0.2, 0.25) is 0 Å². The van der Waals surface area contributed by atoms with E-state index in [0.29, 0.717) is 13.0 Å². The summed E-state index contributed by atoms with van der Waals surface area (Å²) < 4.78 is 5.59. The molecule has 1 rings (SSSR count). The number of hydrogen-bond donors (Lipinski definition) is 1. The minimum atomic E-state index is -0.661. The second-order valence-corrected chi connectivity index (χ2v) is 6.19. The van der Waals surface area contributed by atoms with Crippen LogP contribution in [0.1, 0.15) is 46.6 Å². The van der Waals surface area contributed by atoms with Crippen molar-refractivity contribution in [3.63, 3.8) is 0 Å². The highest BCUT2D eigenvalue weighted by Crippen LogP contribution is 2.24. The molecule has 0 aliphatic carbocycles. The fraction of sp³-hybridized carbons (Fsp3) is 0.600. The van der Waals surface area contributed by atoms with E-state index in [1.54, 1.807) is 13.8 Å². The quantitative estimate of drug-likeness (QED) is 0.866. The van der Waals surface area contributed by atoms with Crippen LogP contribution in [0.25, 0.3) is 0 Å². The average molecular weight is 236 g/mol. The molecule has 0 amide bonds. The lowest BCUT2D eigenvalue weighted by Crippen LogP contribution is -2.21. The van der Waals surface area contributed by atoms with Crippen LogP contribution in [0.15, 0.2) is 24.3 Å². The van der Waals surface area contributed by atoms with Crippen molar-refractivity contribution in [3.8, 4) is 5.75 Å². The SMILES string of the molecule is CC(C)(O)CCOc1ccc(C(C)(C)C)cc1. The molecule has 17 heavy (non-hydrogen) atoms. The van der Waals surface area contributed by atoms with Crippen LogP contribution >= 0.6 is 0 Å². The molecule has 96 valence electrons. The maximum absolute atomic E-state index is 9.57. The molecule has 2 nitrogen and oxygen atoms in total. The van der Waals surface area contributed by atoms with Gasteiger partial charge < -0.3 is 9.84 Å². The third-order valence-corrected chi connectivity index (χ3v) is 2.70. The summed E-state index contributed by atoms with van der Waals surface area (Å²) in [7, 11) is 0. The van der Waals surface area contributed by atoms with Crippen molar-refractivity contribution in [2.45, 2.75) is 52.1 Å². The highest BCUT2D eigenvalue weighted by Gasteiger charge is 2.14. The first-order chi connectivity index (χ1) is 7.68. The smallest absolute Gasteiger partial charge is 0.119 e. The van der Waals surface area contributed by atoms with Gasteiger partial charge in [0.25, 0.3) is 0 Å². The molecule has 2 heteroatoms. The zero-order chi connectivity index (χ0) is 13.1. The first-order valence-corrected chi connectivity index (χ1v) is 6.14. The first kappa shape index (κ1) is 14.0. The number of benzene rings is 1. The number of ether oxygens (including phenoxy) is 1. The van der Waals surface area contributed by atoms with Gasteiger partial charge in [0.15, 0.2) is 0 Å². The minimum absolute atomic E-state index is 0.172. The molecule has 0 atom stereocenters. The Labute approximate surface area is 105 Å². The van der Waals surface area contributed by atoms with Gasteiger partial charge in [-0.3, -0.25) is 0 Å². The van der Waals surface area contributed by atoms with Crippen LogP contribution in [0.5, 0.6) is 5.75 Å². The van der Waals surface area contributed by atoms with Crippen LogP contribution in [0.3, 0.4) is 0 Å². The predicted molar refractivity (Wildman–Crippen MR) is 71.6 cm³/mol. The van der Waals surface area contributed by atoms with Gasteiger partial charge in [-0.15, -0.1) is 0 Å². The van der Waals surface area contributed by atoms with Gasteiger partial charge in [0.05, 0.1) is 12.2 Å². The summed E-state index contributed by atoms with van der Waals surface area (Å²) in [6.45, 7) is 10.7. The summed E-state index contributed by atoms with van der Waals surface area (Å²) in [6.07, 6.45) is 0.633. The molecule has 0 fully saturated rings. The van der Waals surface area contributed by atoms with E-state index in [1.807, 2.05) is 12.1 Å². The molecule has 1 aromatic rings. The topological polar surface area (TPSA) is 29.5 Å². The Bertz CT molecular complexity index is 339. The van der Waals surface area contributed by atoms with Crippen LogP contribution in [-0.2, 0) is 5.41 Å². The lowest BCUT2D eigenvalue weighted by Gasteiger charge is -2.20. The van der Waals surface area contributed by atoms with E-state index < -0.39 is 5.60 Å². The fourth-order valence-corrected chi connectivity index (χ4v) is 1.47. The standard InChI is InChI=1S/C15H24O2/c1-14(2,3)12-6-8-13(9-7-12)17-11-10-15(4,5)16/h6-9,16H,10-11H2,1-5H3. The Kier molecular flexibility index (Phi) is 4.21. The van der Waals surface area contributed by atoms with E-state index in [1.165, 1.54) is 5.56 Å². The minimum Gasteiger partial charge on any atom is -0.493 e. The lowest BCUT2D eigenvalue weighted by atomic mass is 9.87. The molecular formula is C15H24O2. The average Bonchev–Trinajstić information content (AvgIpc) is 2.15. The van der Waals surface area contributed by atoms with Gasteiger partial charge in [0.2, 0.25) is 0 Å². The van der Waals surface area contributed by atoms with Gasteiger partial charge in [-0.2, -0.15) is 0 Å². The molecule has 0 saturated heterocycles. The van der Waals surface area contributed by atoms with Gasteiger partial charge in [0.1, 0.15) is 5.75 Å². The summed E-state index contributed by atoms with van der Waals surface area (Å²) in [5, 5.41) is 9.57. The highest BCUT2D eigenvalue weighted by molar-refractivity contribution is 5.31. The lowest BCUT2D eigenvalue weighted by molar-refractivity contribution is 0.0553. The fourth-order valence-electron chi connectivity index (χ4n) is 1.47. The monoisotopic (exact) mass is 236 g/mol. The van der Waals surface area contributed by atoms with Crippen molar-refractivity contribution in [2.24, 2.45) is 0 Å². The summed E-state index contributed by atoms with van der Waals surface area (Å²) in [4.78, 5) is 0. The zero-order valence-electron chi connectivity index (χ0n) is 11.6. The van der Waals surface area contributed by atoms with E-state index in [4.69, 9.17) is 4.74 Å². The van der Waals surface area contributed by atoms with Crippen molar-refractivity contribution >= 4 is 0 Å². The second kappa shape index (κ2) is 5.09. The molecule has 0 aromatic heterocycles. The normalized spacial score (nSPS) is 12.6. The number of aliphatic hydroxyl groups is 1. The molecular weight excluding hydrogens is 212 g/mol. The highest BCUT2D eigenvalue weighted by atomic mass is 16.5. The number of rotatable bonds is 4. The van der Waals surface area contributed by atoms with Gasteiger partial charge >= 0.3 is 0 Å². The van der Waals surface area contributed by atoms with Gasteiger partial charge in [0, 0.05) is 6.42 Å². The van der Waals surface area contributed by atoms with Gasteiger partial charge in [-0.1, -0.05) is 32.9 Å². The number of hydrogen-bond acceptors (Lipinski definition) is 2. The Balaban J connectivity index is 2.52. The molecule has 0 heterocycles. The Morgan fingerprint density at radius 1 is 1.00 bits per heavy atom. The van der Waals surface area contributed by atoms with Crippen LogP contribution in [-0.4, -0.2) is 17.3 Å². The summed E-state index contributed by atoms with van der Waals surface area (Å²) >= 11 is 0. The van der Waals surface area contributed by atoms with Crippen molar-refractivity contribution in [3.05, 3.63) is 29.8 Å². The van der Waals surface area contributed by atoms with E-state index in [9.17, 15) is 5.11 Å². The van der Waals surface area contributed by atoms with Crippen molar-refractivity contribution < 1.29 is 9.84 Å². The third-order valence-electron chi connectivity index (χ3n) is 2.70. The van der Waals surface area contributed by atoms with Crippen LogP contribution < -0.4 is 4.74 Å². The third kappa shape index (κ3) is 5.22. The van der Waals surface area contributed by atoms with Crippen LogP contribution in [0, 0.1) is 0 Å². The largest absolute Gasteiger partial charge is 0.493 e. The molecule has 0 aliphatic rings. The molecule has 1 aromatic carbocycles. The van der Waals surface area contributed by atoms with Crippen LogP contribution in [0.4, 0.5) is 0 Å². The molecule has 0 spiro atoms. The van der Waals surface area contributed by atoms with E-state index in [2.05, 4.69) is 32.9 Å². The van der Waals surface area contributed by atoms with Crippen molar-refractivity contribution in [1.29, 1.82) is 0 Å². The van der Waals surface area contributed by atoms with E-state index in [0.717, 1.165) is 5.75 Å². The molecule has 0 saturated carbocycles.